The van der Waals surface area contributed by atoms with Crippen LogP contribution in [-0.4, -0.2) is 58.8 Å². The molecule has 6 rings (SSSR count). The second-order valence-electron chi connectivity index (χ2n) is 14.8. The number of amides is 2. The average Bonchev–Trinajstić information content (AvgIpc) is 3.75. The van der Waals surface area contributed by atoms with Gasteiger partial charge in [0.15, 0.2) is 0 Å². The monoisotopic (exact) mass is 836 g/mol. The standard InChI is InChI=1S/C46H47F3N6O6/c1-8-20-60-40(56)18-16-32-25(5)34(22-36-30(10-3)27(7)43(58)52-36)50-37(32)24-38-33(17-19-41(57)61-21-9-2)26(6)35(51-38)23-39-42(31(11-4)44(59)53-39)28-12-14-29(15-13-28)45(54-55-45)46(47,48)49/h8-10,12-15,22-24,27,50-51H,1-2,11,16-21H2,3-7H3,(H,52,58)/b30-10+,35-23+,36-22-,38-24-/t27-/m1/s1. The van der Waals surface area contributed by atoms with Crippen LogP contribution < -0.4 is 16.0 Å². The zero-order valence-electron chi connectivity index (χ0n) is 34.6. The van der Waals surface area contributed by atoms with Crippen molar-refractivity contribution in [3.8, 4) is 0 Å². The Morgan fingerprint density at radius 1 is 0.869 bits per heavy atom. The van der Waals surface area contributed by atoms with Crippen LogP contribution in [-0.2, 0) is 47.2 Å². The molecule has 2 amide bonds. The summed E-state index contributed by atoms with van der Waals surface area (Å²) in [6.45, 7) is 16.7. The quantitative estimate of drug-likeness (QED) is 0.104. The lowest BCUT2D eigenvalue weighted by molar-refractivity contribution is -0.166. The highest BCUT2D eigenvalue weighted by Gasteiger charge is 2.65. The van der Waals surface area contributed by atoms with E-state index in [0.717, 1.165) is 27.8 Å². The fraction of sp³-hybridized carbons (Fsp3) is 0.326. The number of aliphatic imine (C=N–C) groups is 1. The molecule has 61 heavy (non-hydrogen) atoms. The summed E-state index contributed by atoms with van der Waals surface area (Å²) < 4.78 is 51.8. The minimum atomic E-state index is -4.69. The van der Waals surface area contributed by atoms with E-state index in [4.69, 9.17) is 9.47 Å². The first-order valence-corrected chi connectivity index (χ1v) is 19.9. The third kappa shape index (κ3) is 8.96. The summed E-state index contributed by atoms with van der Waals surface area (Å²) in [6.07, 6.45) is 6.67. The Kier molecular flexibility index (Phi) is 12.9. The van der Waals surface area contributed by atoms with E-state index in [1.807, 2.05) is 45.9 Å². The topological polar surface area (TPSA) is 167 Å². The van der Waals surface area contributed by atoms with E-state index in [0.29, 0.717) is 63.0 Å². The lowest BCUT2D eigenvalue weighted by Gasteiger charge is -2.15. The Hall–Kier alpha value is -6.64. The van der Waals surface area contributed by atoms with Crippen LogP contribution in [0.15, 0.2) is 87.7 Å². The second kappa shape index (κ2) is 17.9. The molecule has 318 valence electrons. The number of alkyl halides is 3. The van der Waals surface area contributed by atoms with Gasteiger partial charge in [0, 0.05) is 57.3 Å². The van der Waals surface area contributed by atoms with Crippen molar-refractivity contribution >= 4 is 53.3 Å². The minimum absolute atomic E-state index is 0.0365. The van der Waals surface area contributed by atoms with Crippen LogP contribution in [0.3, 0.4) is 0 Å². The molecule has 1 aromatic carbocycles. The van der Waals surface area contributed by atoms with Crippen LogP contribution >= 0.6 is 0 Å². The SMILES string of the molecule is C=CCOC(=O)CCc1c(/C=c2\[nH]/c(=C/C3=NC(=O)C(CC)=C3c3ccc(C4(C(F)(F)F)N=N4)cc3)c(C)c2CCC(=O)OCC=C)[nH]c(/C=C2\NC(=O)[C@H](C)\C2=C/C)c1C. The van der Waals surface area contributed by atoms with Gasteiger partial charge in [-0.05, 0) is 98.6 Å². The molecule has 2 aromatic heterocycles. The van der Waals surface area contributed by atoms with Gasteiger partial charge in [-0.1, -0.05) is 62.6 Å². The van der Waals surface area contributed by atoms with E-state index in [9.17, 15) is 32.3 Å². The summed E-state index contributed by atoms with van der Waals surface area (Å²) in [4.78, 5) is 62.6. The van der Waals surface area contributed by atoms with Gasteiger partial charge in [-0.15, -0.1) is 10.2 Å². The molecule has 0 radical (unpaired) electrons. The maximum absolute atomic E-state index is 13.8. The molecule has 15 heteroatoms. The number of H-pyrrole nitrogens is 2. The van der Waals surface area contributed by atoms with Gasteiger partial charge in [-0.2, -0.15) is 13.2 Å². The van der Waals surface area contributed by atoms with Crippen molar-refractivity contribution in [2.75, 3.05) is 13.2 Å². The van der Waals surface area contributed by atoms with Crippen LogP contribution in [0.5, 0.6) is 0 Å². The number of esters is 2. The van der Waals surface area contributed by atoms with Gasteiger partial charge in [-0.25, -0.2) is 4.99 Å². The summed E-state index contributed by atoms with van der Waals surface area (Å²) in [5.74, 6) is -1.73. The molecule has 12 nitrogen and oxygen atoms in total. The number of carbonyl (C=O) groups excluding carboxylic acids is 4. The van der Waals surface area contributed by atoms with Crippen molar-refractivity contribution in [2.45, 2.75) is 78.6 Å². The Balaban J connectivity index is 1.48. The van der Waals surface area contributed by atoms with Gasteiger partial charge >= 0.3 is 23.8 Å². The highest BCUT2D eigenvalue weighted by molar-refractivity contribution is 6.46. The van der Waals surface area contributed by atoms with Gasteiger partial charge in [-0.3, -0.25) is 19.2 Å². The van der Waals surface area contributed by atoms with Gasteiger partial charge in [0.25, 0.3) is 5.91 Å². The summed E-state index contributed by atoms with van der Waals surface area (Å²) in [7, 11) is 0. The smallest absolute Gasteiger partial charge is 0.442 e. The molecule has 0 unspecified atom stereocenters. The molecule has 1 fully saturated rings. The van der Waals surface area contributed by atoms with Gasteiger partial charge < -0.3 is 24.8 Å². The number of nitrogens with one attached hydrogen (secondary N) is 3. The van der Waals surface area contributed by atoms with E-state index in [1.54, 1.807) is 13.0 Å². The summed E-state index contributed by atoms with van der Waals surface area (Å²) >= 11 is 0. The first-order chi connectivity index (χ1) is 29.1. The Morgan fingerprint density at radius 2 is 1.49 bits per heavy atom. The largest absolute Gasteiger partial charge is 0.461 e. The first kappa shape index (κ1) is 43.9. The van der Waals surface area contributed by atoms with Crippen molar-refractivity contribution in [2.24, 2.45) is 21.1 Å². The molecule has 3 aliphatic rings. The predicted molar refractivity (Wildman–Crippen MR) is 225 cm³/mol. The van der Waals surface area contributed by atoms with E-state index in [1.165, 1.54) is 36.4 Å². The van der Waals surface area contributed by atoms with Crippen molar-refractivity contribution in [1.82, 2.24) is 15.3 Å². The molecule has 1 atom stereocenters. The van der Waals surface area contributed by atoms with Gasteiger partial charge in [0.05, 0.1) is 11.6 Å². The molecular weight excluding hydrogens is 790 g/mol. The molecule has 5 heterocycles. The first-order valence-electron chi connectivity index (χ1n) is 19.9. The van der Waals surface area contributed by atoms with Crippen molar-refractivity contribution in [3.05, 3.63) is 128 Å². The van der Waals surface area contributed by atoms with Crippen LogP contribution in [0.2, 0.25) is 0 Å². The van der Waals surface area contributed by atoms with E-state index in [2.05, 4.69) is 43.7 Å². The number of aromatic nitrogens is 2. The average molecular weight is 837 g/mol. The fourth-order valence-electron chi connectivity index (χ4n) is 7.64. The maximum atomic E-state index is 13.8. The maximum Gasteiger partial charge on any atom is 0.442 e. The summed E-state index contributed by atoms with van der Waals surface area (Å²) in [5.41, 5.74) is 5.05. The number of halogens is 3. The van der Waals surface area contributed by atoms with Crippen LogP contribution in [0.1, 0.15) is 84.8 Å². The molecule has 3 aliphatic heterocycles. The molecule has 0 spiro atoms. The lowest BCUT2D eigenvalue weighted by Crippen LogP contribution is -2.30. The van der Waals surface area contributed by atoms with Gasteiger partial charge in [0.2, 0.25) is 5.91 Å². The zero-order valence-corrected chi connectivity index (χ0v) is 34.6. The van der Waals surface area contributed by atoms with E-state index in [-0.39, 0.29) is 49.9 Å². The number of carbonyl (C=O) groups is 4. The van der Waals surface area contributed by atoms with Crippen molar-refractivity contribution in [1.29, 1.82) is 0 Å². The fourth-order valence-corrected chi connectivity index (χ4v) is 7.64. The molecule has 3 N–H and O–H groups in total. The molecule has 1 saturated heterocycles. The molecule has 3 aromatic rings. The Morgan fingerprint density at radius 3 is 2.05 bits per heavy atom. The minimum Gasteiger partial charge on any atom is -0.461 e. The van der Waals surface area contributed by atoms with Crippen molar-refractivity contribution < 1.29 is 41.8 Å². The normalized spacial score (nSPS) is 19.0. The highest BCUT2D eigenvalue weighted by atomic mass is 19.4. The number of allylic oxidation sites excluding steroid dienone is 3. The number of ether oxygens (including phenoxy) is 2. The summed E-state index contributed by atoms with van der Waals surface area (Å²) in [5, 5.41) is 10.8. The van der Waals surface area contributed by atoms with Crippen LogP contribution in [0.4, 0.5) is 13.2 Å². The van der Waals surface area contributed by atoms with Crippen molar-refractivity contribution in [3.63, 3.8) is 0 Å². The van der Waals surface area contributed by atoms with Crippen LogP contribution in [0, 0.1) is 19.8 Å². The third-order valence-corrected chi connectivity index (χ3v) is 11.0. The third-order valence-electron chi connectivity index (χ3n) is 11.0. The van der Waals surface area contributed by atoms with E-state index < -0.39 is 29.7 Å². The molecular formula is C46H47F3N6O6. The molecule has 0 bridgehead atoms. The number of aromatic amines is 2. The molecule has 0 aliphatic carbocycles. The Labute approximate surface area is 350 Å². The Bertz CT molecular complexity index is 2600. The van der Waals surface area contributed by atoms with Gasteiger partial charge in [0.1, 0.15) is 13.2 Å². The number of nitrogens with zero attached hydrogens (tertiary/aromatic N) is 3. The number of benzene rings is 1. The lowest BCUT2D eigenvalue weighted by atomic mass is 9.93. The number of hydrogen-bond donors (Lipinski definition) is 3. The number of hydrogen-bond acceptors (Lipinski definition) is 8. The highest BCUT2D eigenvalue weighted by Crippen LogP contribution is 2.52. The second-order valence-corrected chi connectivity index (χ2v) is 14.8. The predicted octanol–water partition coefficient (Wildman–Crippen LogP) is 6.97. The zero-order chi connectivity index (χ0) is 44.2. The summed E-state index contributed by atoms with van der Waals surface area (Å²) in [6, 6.07) is 5.62. The molecule has 0 saturated carbocycles. The van der Waals surface area contributed by atoms with E-state index >= 15 is 0 Å². The number of rotatable bonds is 16. The van der Waals surface area contributed by atoms with Crippen LogP contribution in [0.25, 0.3) is 23.8 Å².